The Morgan fingerprint density at radius 1 is 1.41 bits per heavy atom. The highest BCUT2D eigenvalue weighted by Crippen LogP contribution is 2.19. The second kappa shape index (κ2) is 5.98. The van der Waals surface area contributed by atoms with Crippen LogP contribution >= 0.6 is 0 Å². The zero-order valence-electron chi connectivity index (χ0n) is 11.4. The summed E-state index contributed by atoms with van der Waals surface area (Å²) in [6.45, 7) is 9.95. The van der Waals surface area contributed by atoms with E-state index >= 15 is 0 Å². The highest BCUT2D eigenvalue weighted by molar-refractivity contribution is 5.01. The minimum atomic E-state index is 0.792. The molecule has 1 saturated carbocycles. The maximum Gasteiger partial charge on any atom is 0.0199 e. The molecule has 1 unspecified atom stereocenters. The first-order chi connectivity index (χ1) is 8.13. The Labute approximate surface area is 106 Å². The van der Waals surface area contributed by atoms with Gasteiger partial charge in [0.1, 0.15) is 0 Å². The average Bonchev–Trinajstić information content (AvgIpc) is 3.00. The van der Waals surface area contributed by atoms with E-state index in [1.165, 1.54) is 44.5 Å². The molecule has 2 fully saturated rings. The van der Waals surface area contributed by atoms with Crippen molar-refractivity contribution >= 4 is 0 Å². The first-order valence-corrected chi connectivity index (χ1v) is 6.90. The Morgan fingerprint density at radius 3 is 2.76 bits per heavy atom. The highest BCUT2D eigenvalue weighted by atomic mass is 15.1. The van der Waals surface area contributed by atoms with Gasteiger partial charge in [-0.3, -0.25) is 0 Å². The van der Waals surface area contributed by atoms with Gasteiger partial charge in [-0.1, -0.05) is 6.58 Å². The monoisotopic (exact) mass is 237 g/mol. The third kappa shape index (κ3) is 4.78. The van der Waals surface area contributed by atoms with Gasteiger partial charge in [-0.05, 0) is 51.4 Å². The van der Waals surface area contributed by atoms with Crippen LogP contribution in [0.1, 0.15) is 19.3 Å². The zero-order valence-corrected chi connectivity index (χ0v) is 11.4. The van der Waals surface area contributed by atoms with E-state index < -0.39 is 0 Å². The van der Waals surface area contributed by atoms with E-state index in [-0.39, 0.29) is 0 Å². The largest absolute Gasteiger partial charge is 0.310 e. The fourth-order valence-corrected chi connectivity index (χ4v) is 2.69. The minimum absolute atomic E-state index is 0.792. The predicted octanol–water partition coefficient (Wildman–Crippen LogP) is 1.18. The van der Waals surface area contributed by atoms with Crippen LogP contribution in [0.2, 0.25) is 0 Å². The van der Waals surface area contributed by atoms with Gasteiger partial charge >= 0.3 is 0 Å². The van der Waals surface area contributed by atoms with Gasteiger partial charge in [0, 0.05) is 32.2 Å². The predicted molar refractivity (Wildman–Crippen MR) is 73.3 cm³/mol. The maximum absolute atomic E-state index is 4.17. The summed E-state index contributed by atoms with van der Waals surface area (Å²) >= 11 is 0. The summed E-state index contributed by atoms with van der Waals surface area (Å²) in [7, 11) is 4.44. The average molecular weight is 237 g/mol. The van der Waals surface area contributed by atoms with Crippen molar-refractivity contribution in [2.75, 3.05) is 46.8 Å². The number of nitrogens with zero attached hydrogens (tertiary/aromatic N) is 2. The summed E-state index contributed by atoms with van der Waals surface area (Å²) < 4.78 is 0. The molecule has 3 nitrogen and oxygen atoms in total. The molecule has 1 aliphatic carbocycles. The van der Waals surface area contributed by atoms with Crippen LogP contribution in [-0.2, 0) is 0 Å². The molecule has 0 radical (unpaired) electrons. The fourth-order valence-electron chi connectivity index (χ4n) is 2.69. The Kier molecular flexibility index (Phi) is 4.60. The van der Waals surface area contributed by atoms with E-state index in [9.17, 15) is 0 Å². The van der Waals surface area contributed by atoms with Crippen LogP contribution in [0.15, 0.2) is 12.2 Å². The molecule has 1 heterocycles. The second-order valence-corrected chi connectivity index (χ2v) is 6.02. The third-order valence-electron chi connectivity index (χ3n) is 3.77. The lowest BCUT2D eigenvalue weighted by Gasteiger charge is -2.22. The number of hydrogen-bond acceptors (Lipinski definition) is 3. The normalized spacial score (nSPS) is 25.7. The molecule has 1 atom stereocenters. The lowest BCUT2D eigenvalue weighted by molar-refractivity contribution is 0.289. The van der Waals surface area contributed by atoms with Crippen molar-refractivity contribution in [3.8, 4) is 0 Å². The summed E-state index contributed by atoms with van der Waals surface area (Å²) in [6, 6.07) is 0.792. The van der Waals surface area contributed by atoms with Crippen LogP contribution in [0.3, 0.4) is 0 Å². The van der Waals surface area contributed by atoms with Crippen LogP contribution in [0, 0.1) is 5.92 Å². The number of nitrogens with one attached hydrogen (secondary N) is 1. The molecule has 2 rings (SSSR count). The number of likely N-dealkylation sites (tertiary alicyclic amines) is 1. The smallest absolute Gasteiger partial charge is 0.0199 e. The molecular formula is C14H27N3. The Hall–Kier alpha value is -0.380. The van der Waals surface area contributed by atoms with Crippen molar-refractivity contribution in [2.24, 2.45) is 5.92 Å². The van der Waals surface area contributed by atoms with Gasteiger partial charge in [-0.25, -0.2) is 0 Å². The second-order valence-electron chi connectivity index (χ2n) is 6.02. The molecule has 2 aliphatic rings. The number of likely N-dealkylation sites (N-methyl/N-ethyl adjacent to an activating group) is 1. The van der Waals surface area contributed by atoms with Crippen LogP contribution in [0.4, 0.5) is 0 Å². The highest BCUT2D eigenvalue weighted by Gasteiger charge is 2.22. The molecule has 3 heteroatoms. The fraction of sp³-hybridized carbons (Fsp3) is 0.857. The molecule has 0 bridgehead atoms. The van der Waals surface area contributed by atoms with Crippen molar-refractivity contribution in [3.63, 3.8) is 0 Å². The van der Waals surface area contributed by atoms with E-state index in [1.54, 1.807) is 0 Å². The van der Waals surface area contributed by atoms with Crippen LogP contribution < -0.4 is 5.32 Å². The zero-order chi connectivity index (χ0) is 12.3. The van der Waals surface area contributed by atoms with E-state index in [1.807, 2.05) is 0 Å². The Balaban J connectivity index is 1.58. The molecule has 1 saturated heterocycles. The van der Waals surface area contributed by atoms with E-state index in [0.29, 0.717) is 0 Å². The minimum Gasteiger partial charge on any atom is -0.310 e. The Bertz CT molecular complexity index is 260. The van der Waals surface area contributed by atoms with Gasteiger partial charge < -0.3 is 15.1 Å². The van der Waals surface area contributed by atoms with Crippen LogP contribution in [-0.4, -0.2) is 62.7 Å². The van der Waals surface area contributed by atoms with Crippen molar-refractivity contribution in [2.45, 2.75) is 25.3 Å². The van der Waals surface area contributed by atoms with Gasteiger partial charge in [0.2, 0.25) is 0 Å². The third-order valence-corrected chi connectivity index (χ3v) is 3.77. The van der Waals surface area contributed by atoms with E-state index in [4.69, 9.17) is 0 Å². The summed E-state index contributed by atoms with van der Waals surface area (Å²) in [5.41, 5.74) is 1.32. The van der Waals surface area contributed by atoms with Gasteiger partial charge in [0.15, 0.2) is 0 Å². The lowest BCUT2D eigenvalue weighted by atomic mass is 10.1. The molecule has 1 N–H and O–H groups in total. The van der Waals surface area contributed by atoms with Gasteiger partial charge in [0.05, 0.1) is 0 Å². The quantitative estimate of drug-likeness (QED) is 0.671. The van der Waals surface area contributed by atoms with E-state index in [2.05, 4.69) is 35.8 Å². The SMILES string of the molecule is C=C(CNC1CC1)CN(C)CC1CCN(C)C1. The van der Waals surface area contributed by atoms with Crippen LogP contribution in [0.5, 0.6) is 0 Å². The van der Waals surface area contributed by atoms with E-state index in [0.717, 1.165) is 25.0 Å². The van der Waals surface area contributed by atoms with Crippen LogP contribution in [0.25, 0.3) is 0 Å². The Morgan fingerprint density at radius 2 is 2.18 bits per heavy atom. The molecule has 1 aliphatic heterocycles. The molecule has 0 spiro atoms. The van der Waals surface area contributed by atoms with Gasteiger partial charge in [0.25, 0.3) is 0 Å². The summed E-state index contributed by atoms with van der Waals surface area (Å²) in [6.07, 6.45) is 4.07. The molecule has 0 aromatic rings. The lowest BCUT2D eigenvalue weighted by Crippen LogP contribution is -2.31. The molecule has 0 amide bonds. The molecule has 0 aromatic carbocycles. The molecule has 17 heavy (non-hydrogen) atoms. The maximum atomic E-state index is 4.17. The summed E-state index contributed by atoms with van der Waals surface area (Å²) in [4.78, 5) is 4.86. The molecular weight excluding hydrogens is 210 g/mol. The van der Waals surface area contributed by atoms with Gasteiger partial charge in [-0.2, -0.15) is 0 Å². The summed E-state index contributed by atoms with van der Waals surface area (Å²) in [5, 5.41) is 3.53. The summed E-state index contributed by atoms with van der Waals surface area (Å²) in [5.74, 6) is 0.856. The van der Waals surface area contributed by atoms with Crippen molar-refractivity contribution < 1.29 is 0 Å². The molecule has 0 aromatic heterocycles. The number of hydrogen-bond donors (Lipinski definition) is 1. The van der Waals surface area contributed by atoms with Crippen molar-refractivity contribution in [1.82, 2.24) is 15.1 Å². The van der Waals surface area contributed by atoms with Crippen molar-refractivity contribution in [1.29, 1.82) is 0 Å². The topological polar surface area (TPSA) is 18.5 Å². The number of rotatable bonds is 7. The molecule has 98 valence electrons. The first kappa shape index (κ1) is 13.1. The standard InChI is InChI=1S/C14H27N3/c1-12(8-15-14-4-5-14)9-17(3)11-13-6-7-16(2)10-13/h13-15H,1,4-11H2,2-3H3. The van der Waals surface area contributed by atoms with Gasteiger partial charge in [-0.15, -0.1) is 0 Å². The first-order valence-electron chi connectivity index (χ1n) is 6.90. The van der Waals surface area contributed by atoms with Crippen molar-refractivity contribution in [3.05, 3.63) is 12.2 Å².